The minimum atomic E-state index is -0.278. The number of aromatic nitrogens is 3. The summed E-state index contributed by atoms with van der Waals surface area (Å²) >= 11 is 0. The standard InChI is InChI=1S/C14H21N3O/c1-13(2,3)16-10-8-7-9-15-11(10)17(12(16)18)14(4,5)6/h7-9H,1-6H3. The number of pyridine rings is 1. The zero-order chi connectivity index (χ0) is 13.7. The van der Waals surface area contributed by atoms with Gasteiger partial charge in [0.05, 0.1) is 5.52 Å². The van der Waals surface area contributed by atoms with E-state index in [0.717, 1.165) is 11.2 Å². The number of rotatable bonds is 0. The average Bonchev–Trinajstić information content (AvgIpc) is 2.47. The molecule has 0 aliphatic heterocycles. The van der Waals surface area contributed by atoms with Crippen molar-refractivity contribution in [2.45, 2.75) is 52.6 Å². The lowest BCUT2D eigenvalue weighted by Gasteiger charge is -2.22. The number of hydrogen-bond acceptors (Lipinski definition) is 2. The summed E-state index contributed by atoms with van der Waals surface area (Å²) in [6.07, 6.45) is 1.73. The van der Waals surface area contributed by atoms with Gasteiger partial charge in [-0.05, 0) is 53.7 Å². The molecule has 4 nitrogen and oxygen atoms in total. The molecule has 0 saturated carbocycles. The molecule has 0 N–H and O–H groups in total. The van der Waals surface area contributed by atoms with Gasteiger partial charge in [0.25, 0.3) is 0 Å². The van der Waals surface area contributed by atoms with Gasteiger partial charge in [0.1, 0.15) is 0 Å². The lowest BCUT2D eigenvalue weighted by Crippen LogP contribution is -2.39. The van der Waals surface area contributed by atoms with E-state index in [-0.39, 0.29) is 16.8 Å². The Labute approximate surface area is 107 Å². The molecule has 4 heteroatoms. The largest absolute Gasteiger partial charge is 0.331 e. The van der Waals surface area contributed by atoms with Crippen molar-refractivity contribution in [3.05, 3.63) is 28.8 Å². The van der Waals surface area contributed by atoms with Gasteiger partial charge in [-0.3, -0.25) is 9.13 Å². The topological polar surface area (TPSA) is 39.8 Å². The third-order valence-corrected chi connectivity index (χ3v) is 2.94. The van der Waals surface area contributed by atoms with E-state index in [0.29, 0.717) is 0 Å². The van der Waals surface area contributed by atoms with Crippen LogP contribution in [0, 0.1) is 0 Å². The Kier molecular flexibility index (Phi) is 2.65. The maximum Gasteiger partial charge on any atom is 0.331 e. The van der Waals surface area contributed by atoms with E-state index in [9.17, 15) is 4.79 Å². The van der Waals surface area contributed by atoms with Crippen LogP contribution in [0.2, 0.25) is 0 Å². The Bertz CT molecular complexity index is 582. The van der Waals surface area contributed by atoms with Crippen LogP contribution in [0.5, 0.6) is 0 Å². The lowest BCUT2D eigenvalue weighted by atomic mass is 10.1. The summed E-state index contributed by atoms with van der Waals surface area (Å²) in [5, 5.41) is 0. The van der Waals surface area contributed by atoms with E-state index in [4.69, 9.17) is 0 Å². The van der Waals surface area contributed by atoms with Gasteiger partial charge in [0.15, 0.2) is 5.65 Å². The van der Waals surface area contributed by atoms with E-state index in [1.807, 2.05) is 58.2 Å². The first-order valence-corrected chi connectivity index (χ1v) is 6.23. The first-order valence-electron chi connectivity index (χ1n) is 6.23. The molecule has 2 aromatic heterocycles. The van der Waals surface area contributed by atoms with E-state index in [1.54, 1.807) is 10.8 Å². The molecule has 98 valence electrons. The molecule has 0 aliphatic carbocycles. The molecule has 2 aromatic rings. The summed E-state index contributed by atoms with van der Waals surface area (Å²) in [6.45, 7) is 12.2. The van der Waals surface area contributed by atoms with Crippen molar-refractivity contribution >= 4 is 11.2 Å². The van der Waals surface area contributed by atoms with Crippen LogP contribution in [0.15, 0.2) is 23.1 Å². The fraction of sp³-hybridized carbons (Fsp3) is 0.571. The minimum absolute atomic E-state index is 0.00343. The quantitative estimate of drug-likeness (QED) is 0.718. The molecule has 0 bridgehead atoms. The van der Waals surface area contributed by atoms with Crippen LogP contribution in [0.1, 0.15) is 41.5 Å². The fourth-order valence-electron chi connectivity index (χ4n) is 2.28. The predicted molar refractivity (Wildman–Crippen MR) is 74.0 cm³/mol. The molecule has 0 amide bonds. The first-order chi connectivity index (χ1) is 8.14. The van der Waals surface area contributed by atoms with Crippen LogP contribution in [0.25, 0.3) is 11.2 Å². The van der Waals surface area contributed by atoms with Crippen LogP contribution in [0.3, 0.4) is 0 Å². The molecule has 0 fully saturated rings. The van der Waals surface area contributed by atoms with Crippen molar-refractivity contribution < 1.29 is 0 Å². The highest BCUT2D eigenvalue weighted by molar-refractivity contribution is 5.72. The summed E-state index contributed by atoms with van der Waals surface area (Å²) in [5.74, 6) is 0. The number of fused-ring (bicyclic) bond motifs is 1. The third-order valence-electron chi connectivity index (χ3n) is 2.94. The average molecular weight is 247 g/mol. The minimum Gasteiger partial charge on any atom is -0.285 e. The molecule has 0 atom stereocenters. The Morgan fingerprint density at radius 1 is 1.00 bits per heavy atom. The summed E-state index contributed by atoms with van der Waals surface area (Å²) < 4.78 is 3.59. The number of imidazole rings is 1. The molecule has 18 heavy (non-hydrogen) atoms. The Balaban J connectivity index is 2.99. The van der Waals surface area contributed by atoms with E-state index in [2.05, 4.69) is 4.98 Å². The highest BCUT2D eigenvalue weighted by Crippen LogP contribution is 2.23. The predicted octanol–water partition coefficient (Wildman–Crippen LogP) is 2.71. The molecular formula is C14H21N3O. The van der Waals surface area contributed by atoms with Gasteiger partial charge in [-0.15, -0.1) is 0 Å². The van der Waals surface area contributed by atoms with Crippen LogP contribution >= 0.6 is 0 Å². The normalized spacial score (nSPS) is 13.2. The van der Waals surface area contributed by atoms with E-state index >= 15 is 0 Å². The van der Waals surface area contributed by atoms with Crippen molar-refractivity contribution in [1.82, 2.24) is 14.1 Å². The molecule has 0 radical (unpaired) electrons. The van der Waals surface area contributed by atoms with Gasteiger partial charge in [0, 0.05) is 17.3 Å². The summed E-state index contributed by atoms with van der Waals surface area (Å²) in [6, 6.07) is 3.83. The Hall–Kier alpha value is -1.58. The maximum absolute atomic E-state index is 12.7. The van der Waals surface area contributed by atoms with Crippen molar-refractivity contribution in [3.63, 3.8) is 0 Å². The Morgan fingerprint density at radius 3 is 2.06 bits per heavy atom. The molecule has 0 spiro atoms. The van der Waals surface area contributed by atoms with E-state index in [1.165, 1.54) is 0 Å². The SMILES string of the molecule is CC(C)(C)n1c(=O)n(C(C)(C)C)c2ncccc21. The molecular weight excluding hydrogens is 226 g/mol. The van der Waals surface area contributed by atoms with Gasteiger partial charge in [0.2, 0.25) is 0 Å². The van der Waals surface area contributed by atoms with Crippen LogP contribution in [0.4, 0.5) is 0 Å². The maximum atomic E-state index is 12.7. The second kappa shape index (κ2) is 3.70. The fourth-order valence-corrected chi connectivity index (χ4v) is 2.28. The molecule has 0 unspecified atom stereocenters. The van der Waals surface area contributed by atoms with Gasteiger partial charge in [-0.2, -0.15) is 0 Å². The van der Waals surface area contributed by atoms with Crippen molar-refractivity contribution in [2.24, 2.45) is 0 Å². The number of hydrogen-bond donors (Lipinski definition) is 0. The Morgan fingerprint density at radius 2 is 1.56 bits per heavy atom. The summed E-state index contributed by atoms with van der Waals surface area (Å²) in [5.41, 5.74) is 1.12. The molecule has 0 saturated heterocycles. The third kappa shape index (κ3) is 1.85. The van der Waals surface area contributed by atoms with Crippen molar-refractivity contribution in [3.8, 4) is 0 Å². The summed E-state index contributed by atoms with van der Waals surface area (Å²) in [7, 11) is 0. The van der Waals surface area contributed by atoms with Crippen molar-refractivity contribution in [1.29, 1.82) is 0 Å². The van der Waals surface area contributed by atoms with Gasteiger partial charge < -0.3 is 0 Å². The van der Waals surface area contributed by atoms with Crippen LogP contribution < -0.4 is 5.69 Å². The molecule has 0 aliphatic rings. The van der Waals surface area contributed by atoms with Crippen molar-refractivity contribution in [2.75, 3.05) is 0 Å². The van der Waals surface area contributed by atoms with Gasteiger partial charge >= 0.3 is 5.69 Å². The summed E-state index contributed by atoms with van der Waals surface area (Å²) in [4.78, 5) is 17.1. The lowest BCUT2D eigenvalue weighted by molar-refractivity contribution is 0.349. The monoisotopic (exact) mass is 247 g/mol. The van der Waals surface area contributed by atoms with Crippen LogP contribution in [-0.2, 0) is 11.1 Å². The molecule has 2 rings (SSSR count). The highest BCUT2D eigenvalue weighted by Gasteiger charge is 2.27. The second-order valence-corrected chi connectivity index (χ2v) is 6.64. The molecule has 0 aromatic carbocycles. The number of nitrogens with zero attached hydrogens (tertiary/aromatic N) is 3. The zero-order valence-corrected chi connectivity index (χ0v) is 12.0. The van der Waals surface area contributed by atoms with E-state index < -0.39 is 0 Å². The second-order valence-electron chi connectivity index (χ2n) is 6.64. The highest BCUT2D eigenvalue weighted by atomic mass is 16.2. The first kappa shape index (κ1) is 12.9. The van der Waals surface area contributed by atoms with Crippen LogP contribution in [-0.4, -0.2) is 14.1 Å². The van der Waals surface area contributed by atoms with Gasteiger partial charge in [-0.1, -0.05) is 0 Å². The smallest absolute Gasteiger partial charge is 0.285 e. The van der Waals surface area contributed by atoms with Gasteiger partial charge in [-0.25, -0.2) is 9.78 Å². The molecule has 2 heterocycles. The zero-order valence-electron chi connectivity index (χ0n) is 12.0.